The summed E-state index contributed by atoms with van der Waals surface area (Å²) in [6.45, 7) is 8.16. The molecule has 1 aromatic heterocycles. The van der Waals surface area contributed by atoms with Gasteiger partial charge < -0.3 is 4.57 Å². The van der Waals surface area contributed by atoms with E-state index < -0.39 is 9.84 Å². The van der Waals surface area contributed by atoms with Crippen molar-refractivity contribution in [2.24, 2.45) is 13.0 Å². The van der Waals surface area contributed by atoms with Gasteiger partial charge in [0.1, 0.15) is 5.82 Å². The molecular formula is C20H27N3O3S2. The molecule has 0 aliphatic carbocycles. The number of ketones is 1. The highest BCUT2D eigenvalue weighted by Crippen LogP contribution is 2.26. The van der Waals surface area contributed by atoms with Crippen LogP contribution in [0, 0.1) is 33.6 Å². The maximum Gasteiger partial charge on any atom is 0.191 e. The minimum atomic E-state index is -2.90. The molecule has 0 N–H and O–H groups in total. The van der Waals surface area contributed by atoms with E-state index in [0.717, 1.165) is 22.5 Å². The van der Waals surface area contributed by atoms with Crippen LogP contribution < -0.4 is 0 Å². The fraction of sp³-hybridized carbons (Fsp3) is 0.550. The van der Waals surface area contributed by atoms with Crippen LogP contribution in [0.2, 0.25) is 0 Å². The van der Waals surface area contributed by atoms with E-state index in [9.17, 15) is 13.2 Å². The Kier molecular flexibility index (Phi) is 6.00. The normalized spacial score (nSPS) is 18.5. The molecule has 8 heteroatoms. The molecule has 1 unspecified atom stereocenters. The maximum atomic E-state index is 12.8. The molecule has 0 amide bonds. The molecular weight excluding hydrogens is 394 g/mol. The standard InChI is InChI=1S/C20H27N3O3S2/c1-12-8-17(15(4)14(3)13(12)2)18(24)10-27-20-22-21-19(23(20)5)9-16-6-7-28(25,26)11-16/h8,16H,6-7,9-11H2,1-5H3. The van der Waals surface area contributed by atoms with Crippen molar-refractivity contribution in [2.45, 2.75) is 45.7 Å². The van der Waals surface area contributed by atoms with Crippen molar-refractivity contribution >= 4 is 27.4 Å². The van der Waals surface area contributed by atoms with Crippen LogP contribution in [0.3, 0.4) is 0 Å². The van der Waals surface area contributed by atoms with Crippen LogP contribution in [0.5, 0.6) is 0 Å². The number of aromatic nitrogens is 3. The zero-order chi connectivity index (χ0) is 20.6. The van der Waals surface area contributed by atoms with Crippen molar-refractivity contribution in [3.8, 4) is 0 Å². The first-order valence-corrected chi connectivity index (χ1v) is 12.2. The zero-order valence-electron chi connectivity index (χ0n) is 17.1. The summed E-state index contributed by atoms with van der Waals surface area (Å²) >= 11 is 1.37. The lowest BCUT2D eigenvalue weighted by Crippen LogP contribution is -2.11. The molecule has 2 heterocycles. The molecule has 3 rings (SSSR count). The highest BCUT2D eigenvalue weighted by Gasteiger charge is 2.29. The highest BCUT2D eigenvalue weighted by atomic mass is 32.2. The van der Waals surface area contributed by atoms with Crippen LogP contribution in [0.25, 0.3) is 0 Å². The van der Waals surface area contributed by atoms with Crippen LogP contribution in [-0.2, 0) is 23.3 Å². The van der Waals surface area contributed by atoms with E-state index >= 15 is 0 Å². The smallest absolute Gasteiger partial charge is 0.191 e. The molecule has 0 saturated carbocycles. The van der Waals surface area contributed by atoms with Crippen LogP contribution in [-0.4, -0.2) is 46.2 Å². The first-order valence-electron chi connectivity index (χ1n) is 9.41. The molecule has 2 aromatic rings. The van der Waals surface area contributed by atoms with E-state index in [0.29, 0.717) is 23.8 Å². The molecule has 1 saturated heterocycles. The number of thioether (sulfide) groups is 1. The van der Waals surface area contributed by atoms with Gasteiger partial charge in [-0.2, -0.15) is 0 Å². The van der Waals surface area contributed by atoms with Crippen LogP contribution in [0.15, 0.2) is 11.2 Å². The summed E-state index contributed by atoms with van der Waals surface area (Å²) < 4.78 is 25.2. The second kappa shape index (κ2) is 7.99. The molecule has 0 bridgehead atoms. The van der Waals surface area contributed by atoms with E-state index in [2.05, 4.69) is 24.0 Å². The number of hydrogen-bond donors (Lipinski definition) is 0. The van der Waals surface area contributed by atoms with E-state index in [4.69, 9.17) is 0 Å². The Bertz CT molecular complexity index is 1030. The molecule has 0 radical (unpaired) electrons. The van der Waals surface area contributed by atoms with E-state index in [-0.39, 0.29) is 23.2 Å². The van der Waals surface area contributed by atoms with Gasteiger partial charge in [0.2, 0.25) is 0 Å². The number of nitrogens with zero attached hydrogens (tertiary/aromatic N) is 3. The topological polar surface area (TPSA) is 81.9 Å². The molecule has 6 nitrogen and oxygen atoms in total. The van der Waals surface area contributed by atoms with Crippen molar-refractivity contribution < 1.29 is 13.2 Å². The highest BCUT2D eigenvalue weighted by molar-refractivity contribution is 7.99. The third kappa shape index (κ3) is 4.33. The van der Waals surface area contributed by atoms with E-state index in [1.54, 1.807) is 0 Å². The van der Waals surface area contributed by atoms with Gasteiger partial charge in [-0.3, -0.25) is 4.79 Å². The number of benzene rings is 1. The second-order valence-electron chi connectivity index (χ2n) is 7.76. The number of carbonyl (C=O) groups excluding carboxylic acids is 1. The summed E-state index contributed by atoms with van der Waals surface area (Å²) in [6.07, 6.45) is 1.29. The number of rotatable bonds is 6. The van der Waals surface area contributed by atoms with Crippen molar-refractivity contribution in [2.75, 3.05) is 17.3 Å². The fourth-order valence-electron chi connectivity index (χ4n) is 3.65. The summed E-state index contributed by atoms with van der Waals surface area (Å²) in [5.74, 6) is 1.75. The predicted molar refractivity (Wildman–Crippen MR) is 112 cm³/mol. The van der Waals surface area contributed by atoms with Crippen molar-refractivity contribution in [3.05, 3.63) is 39.7 Å². The number of hydrogen-bond acceptors (Lipinski definition) is 6. The Morgan fingerprint density at radius 2 is 1.89 bits per heavy atom. The predicted octanol–water partition coefficient (Wildman–Crippen LogP) is 3.00. The van der Waals surface area contributed by atoms with Gasteiger partial charge in [0.25, 0.3) is 0 Å². The first-order chi connectivity index (χ1) is 13.1. The Morgan fingerprint density at radius 3 is 2.54 bits per heavy atom. The summed E-state index contributed by atoms with van der Waals surface area (Å²) in [5.41, 5.74) is 5.33. The molecule has 1 aliphatic heterocycles. The maximum absolute atomic E-state index is 12.8. The summed E-state index contributed by atoms with van der Waals surface area (Å²) in [6, 6.07) is 1.98. The van der Waals surface area contributed by atoms with E-state index in [1.165, 1.54) is 22.9 Å². The van der Waals surface area contributed by atoms with Gasteiger partial charge in [0.15, 0.2) is 20.8 Å². The van der Waals surface area contributed by atoms with Gasteiger partial charge in [0.05, 0.1) is 17.3 Å². The average molecular weight is 422 g/mol. The van der Waals surface area contributed by atoms with Gasteiger partial charge in [-0.25, -0.2) is 8.42 Å². The van der Waals surface area contributed by atoms with Gasteiger partial charge in [-0.1, -0.05) is 11.8 Å². The SMILES string of the molecule is Cc1cc(C(=O)CSc2nnc(CC3CCS(=O)(=O)C3)n2C)c(C)c(C)c1C. The molecule has 1 aromatic carbocycles. The molecule has 152 valence electrons. The van der Waals surface area contributed by atoms with Crippen molar-refractivity contribution in [1.82, 2.24) is 14.8 Å². The Hall–Kier alpha value is -1.67. The second-order valence-corrected chi connectivity index (χ2v) is 10.9. The average Bonchev–Trinajstić information content (AvgIpc) is 3.16. The van der Waals surface area contributed by atoms with Gasteiger partial charge in [-0.05, 0) is 68.4 Å². The Labute approximate surface area is 171 Å². The summed E-state index contributed by atoms with van der Waals surface area (Å²) in [5, 5.41) is 9.11. The largest absolute Gasteiger partial charge is 0.309 e. The summed E-state index contributed by atoms with van der Waals surface area (Å²) in [4.78, 5) is 12.8. The van der Waals surface area contributed by atoms with Gasteiger partial charge >= 0.3 is 0 Å². The van der Waals surface area contributed by atoms with Crippen molar-refractivity contribution in [3.63, 3.8) is 0 Å². The quantitative estimate of drug-likeness (QED) is 0.527. The monoisotopic (exact) mass is 421 g/mol. The fourth-order valence-corrected chi connectivity index (χ4v) is 6.32. The van der Waals surface area contributed by atoms with Crippen LogP contribution in [0.1, 0.15) is 44.9 Å². The molecule has 1 fully saturated rings. The van der Waals surface area contributed by atoms with E-state index in [1.807, 2.05) is 31.5 Å². The van der Waals surface area contributed by atoms with Gasteiger partial charge in [-0.15, -0.1) is 10.2 Å². The first kappa shape index (κ1) is 21.0. The molecule has 1 atom stereocenters. The molecule has 28 heavy (non-hydrogen) atoms. The zero-order valence-corrected chi connectivity index (χ0v) is 18.7. The third-order valence-electron chi connectivity index (χ3n) is 5.84. The number of carbonyl (C=O) groups is 1. The lowest BCUT2D eigenvalue weighted by Gasteiger charge is -2.13. The van der Waals surface area contributed by atoms with Crippen molar-refractivity contribution in [1.29, 1.82) is 0 Å². The molecule has 1 aliphatic rings. The lowest BCUT2D eigenvalue weighted by molar-refractivity contribution is 0.102. The van der Waals surface area contributed by atoms with Crippen LogP contribution >= 0.6 is 11.8 Å². The Balaban J connectivity index is 1.67. The van der Waals surface area contributed by atoms with Crippen LogP contribution in [0.4, 0.5) is 0 Å². The number of aryl methyl sites for hydroxylation is 1. The minimum Gasteiger partial charge on any atom is -0.309 e. The molecule has 0 spiro atoms. The lowest BCUT2D eigenvalue weighted by atomic mass is 9.93. The summed E-state index contributed by atoms with van der Waals surface area (Å²) in [7, 11) is -1.02. The minimum absolute atomic E-state index is 0.0835. The number of sulfone groups is 1. The Morgan fingerprint density at radius 1 is 1.18 bits per heavy atom. The number of Topliss-reactive ketones (excluding diaryl/α,β-unsaturated/α-hetero) is 1. The third-order valence-corrected chi connectivity index (χ3v) is 8.69. The van der Waals surface area contributed by atoms with Gasteiger partial charge in [0, 0.05) is 19.0 Å².